The lowest BCUT2D eigenvalue weighted by molar-refractivity contribution is -0.146. The third-order valence-electron chi connectivity index (χ3n) is 4.57. The fourth-order valence-corrected chi connectivity index (χ4v) is 3.20. The van der Waals surface area contributed by atoms with E-state index in [1.165, 1.54) is 7.11 Å². The lowest BCUT2D eigenvalue weighted by Crippen LogP contribution is -2.46. The Bertz CT molecular complexity index is 412. The first-order valence-corrected chi connectivity index (χ1v) is 7.76. The number of nitrogens with zero attached hydrogens (tertiary/aromatic N) is 2. The Balaban J connectivity index is 2.93. The Labute approximate surface area is 127 Å². The molecule has 1 aliphatic rings. The van der Waals surface area contributed by atoms with E-state index in [0.717, 1.165) is 12.8 Å². The summed E-state index contributed by atoms with van der Waals surface area (Å²) in [6.45, 7) is 14.0. The zero-order chi connectivity index (χ0) is 16.0. The number of rotatable bonds is 7. The third kappa shape index (κ3) is 3.82. The van der Waals surface area contributed by atoms with Gasteiger partial charge in [0.2, 0.25) is 6.04 Å². The Morgan fingerprint density at radius 1 is 1.33 bits per heavy atom. The minimum atomic E-state index is -0.463. The first-order chi connectivity index (χ1) is 10.0. The van der Waals surface area contributed by atoms with Gasteiger partial charge in [-0.25, -0.2) is 6.57 Å². The first-order valence-electron chi connectivity index (χ1n) is 7.76. The summed E-state index contributed by atoms with van der Waals surface area (Å²) in [5, 5.41) is 0. The second-order valence-corrected chi connectivity index (χ2v) is 5.60. The lowest BCUT2D eigenvalue weighted by Gasteiger charge is -2.26. The lowest BCUT2D eigenvalue weighted by atomic mass is 9.92. The van der Waals surface area contributed by atoms with Crippen LogP contribution in [-0.4, -0.2) is 48.4 Å². The topological polar surface area (TPSA) is 51.0 Å². The minimum absolute atomic E-state index is 0.0953. The number of methoxy groups -OCH3 is 1. The molecule has 1 fully saturated rings. The van der Waals surface area contributed by atoms with Gasteiger partial charge < -0.3 is 9.58 Å². The molecule has 1 aliphatic heterocycles. The number of ether oxygens (including phenoxy) is 1. The fraction of sp³-hybridized carbons (Fsp3) is 0.812. The Morgan fingerprint density at radius 3 is 2.38 bits per heavy atom. The fourth-order valence-electron chi connectivity index (χ4n) is 3.20. The molecule has 1 saturated heterocycles. The summed E-state index contributed by atoms with van der Waals surface area (Å²) in [5.74, 6) is 0.112. The van der Waals surface area contributed by atoms with Gasteiger partial charge in [0.25, 0.3) is 0 Å². The molecule has 5 heteroatoms. The zero-order valence-corrected chi connectivity index (χ0v) is 13.5. The smallest absolute Gasteiger partial charge is 0.323 e. The molecule has 0 spiro atoms. The number of carbonyl (C=O) groups excluding carboxylic acids is 2. The second-order valence-electron chi connectivity index (χ2n) is 5.60. The number of likely N-dealkylation sites (tertiary alicyclic amines) is 1. The van der Waals surface area contributed by atoms with Crippen LogP contribution in [0.4, 0.5) is 0 Å². The van der Waals surface area contributed by atoms with Gasteiger partial charge in [0.15, 0.2) is 5.78 Å². The van der Waals surface area contributed by atoms with Crippen molar-refractivity contribution in [2.24, 2.45) is 5.92 Å². The standard InChI is InChI=1S/C16H26N2O3/c1-6-11(7-2)9-14(19)15-12(17-4)10-13(16(20)21-5)18(15)8-3/h11-13,15H,6-10H2,1-3,5H3/t12-,13-,15-/m1/s1. The van der Waals surface area contributed by atoms with Crippen LogP contribution < -0.4 is 0 Å². The zero-order valence-electron chi connectivity index (χ0n) is 13.5. The predicted octanol–water partition coefficient (Wildman–Crippen LogP) is 2.31. The summed E-state index contributed by atoms with van der Waals surface area (Å²) < 4.78 is 4.82. The van der Waals surface area contributed by atoms with Gasteiger partial charge in [0, 0.05) is 6.42 Å². The third-order valence-corrected chi connectivity index (χ3v) is 4.57. The first kappa shape index (κ1) is 17.6. The Morgan fingerprint density at radius 2 is 1.95 bits per heavy atom. The van der Waals surface area contributed by atoms with E-state index in [9.17, 15) is 9.59 Å². The number of hydrogen-bond donors (Lipinski definition) is 0. The molecule has 0 radical (unpaired) electrons. The number of Topliss-reactive ketones (excluding diaryl/α,β-unsaturated/α-hetero) is 1. The van der Waals surface area contributed by atoms with E-state index in [1.54, 1.807) is 0 Å². The van der Waals surface area contributed by atoms with Crippen molar-refractivity contribution in [1.29, 1.82) is 0 Å². The molecule has 118 valence electrons. The van der Waals surface area contributed by atoms with Crippen molar-refractivity contribution in [2.45, 2.75) is 64.6 Å². The Kier molecular flexibility index (Phi) is 6.83. The van der Waals surface area contributed by atoms with Crippen LogP contribution in [0.5, 0.6) is 0 Å². The molecule has 3 atom stereocenters. The largest absolute Gasteiger partial charge is 0.468 e. The van der Waals surface area contributed by atoms with Crippen molar-refractivity contribution in [3.05, 3.63) is 11.4 Å². The van der Waals surface area contributed by atoms with Crippen LogP contribution in [0.1, 0.15) is 46.5 Å². The van der Waals surface area contributed by atoms with Gasteiger partial charge in [-0.2, -0.15) is 0 Å². The van der Waals surface area contributed by atoms with E-state index in [0.29, 0.717) is 25.3 Å². The van der Waals surface area contributed by atoms with Crippen molar-refractivity contribution in [3.63, 3.8) is 0 Å². The molecule has 0 aromatic rings. The summed E-state index contributed by atoms with van der Waals surface area (Å²) in [6.07, 6.45) is 2.81. The van der Waals surface area contributed by atoms with Gasteiger partial charge in [-0.05, 0) is 12.5 Å². The van der Waals surface area contributed by atoms with Gasteiger partial charge in [-0.3, -0.25) is 14.5 Å². The number of ketones is 1. The molecule has 21 heavy (non-hydrogen) atoms. The van der Waals surface area contributed by atoms with Crippen molar-refractivity contribution >= 4 is 11.8 Å². The van der Waals surface area contributed by atoms with Gasteiger partial charge in [-0.15, -0.1) is 0 Å². The molecule has 0 aromatic carbocycles. The molecule has 5 nitrogen and oxygen atoms in total. The van der Waals surface area contributed by atoms with Crippen LogP contribution in [0.25, 0.3) is 4.85 Å². The highest BCUT2D eigenvalue weighted by Crippen LogP contribution is 2.30. The molecule has 0 bridgehead atoms. The maximum Gasteiger partial charge on any atom is 0.323 e. The van der Waals surface area contributed by atoms with Gasteiger partial charge in [0.05, 0.1) is 13.5 Å². The van der Waals surface area contributed by atoms with E-state index >= 15 is 0 Å². The van der Waals surface area contributed by atoms with Crippen LogP contribution in [0.3, 0.4) is 0 Å². The van der Waals surface area contributed by atoms with E-state index < -0.39 is 18.1 Å². The molecular formula is C16H26N2O3. The molecule has 0 aliphatic carbocycles. The maximum absolute atomic E-state index is 12.6. The highest BCUT2D eigenvalue weighted by molar-refractivity contribution is 5.88. The average molecular weight is 294 g/mol. The maximum atomic E-state index is 12.6. The molecule has 1 heterocycles. The van der Waals surface area contributed by atoms with Crippen molar-refractivity contribution in [3.8, 4) is 0 Å². The van der Waals surface area contributed by atoms with Gasteiger partial charge in [-0.1, -0.05) is 33.6 Å². The summed E-state index contributed by atoms with van der Waals surface area (Å²) >= 11 is 0. The summed E-state index contributed by atoms with van der Waals surface area (Å²) in [4.78, 5) is 29.9. The van der Waals surface area contributed by atoms with Gasteiger partial charge >= 0.3 is 5.97 Å². The van der Waals surface area contributed by atoms with Crippen LogP contribution >= 0.6 is 0 Å². The van der Waals surface area contributed by atoms with Crippen LogP contribution in [-0.2, 0) is 14.3 Å². The Hall–Kier alpha value is -1.41. The molecule has 0 saturated carbocycles. The van der Waals surface area contributed by atoms with E-state index in [1.807, 2.05) is 11.8 Å². The van der Waals surface area contributed by atoms with E-state index in [2.05, 4.69) is 18.7 Å². The molecule has 0 aromatic heterocycles. The summed E-state index contributed by atoms with van der Waals surface area (Å²) in [6, 6.07) is -1.36. The molecule has 0 unspecified atom stereocenters. The highest BCUT2D eigenvalue weighted by atomic mass is 16.5. The number of likely N-dealkylation sites (N-methyl/N-ethyl adjacent to an activating group) is 1. The summed E-state index contributed by atoms with van der Waals surface area (Å²) in [5.41, 5.74) is 0. The average Bonchev–Trinajstić information content (AvgIpc) is 2.90. The highest BCUT2D eigenvalue weighted by Gasteiger charge is 2.51. The number of esters is 1. The molecule has 1 rings (SSSR count). The minimum Gasteiger partial charge on any atom is -0.468 e. The van der Waals surface area contributed by atoms with E-state index in [-0.39, 0.29) is 11.8 Å². The molecule has 0 N–H and O–H groups in total. The molecule has 0 amide bonds. The second kappa shape index (κ2) is 8.14. The normalized spacial score (nSPS) is 25.8. The number of carbonyl (C=O) groups is 2. The molecular weight excluding hydrogens is 268 g/mol. The SMILES string of the molecule is [C-]#[N+][C@@H]1C[C@H](C(=O)OC)N(CC)[C@H]1C(=O)CC(CC)CC. The van der Waals surface area contributed by atoms with Crippen molar-refractivity contribution in [1.82, 2.24) is 4.90 Å². The predicted molar refractivity (Wildman–Crippen MR) is 80.7 cm³/mol. The van der Waals surface area contributed by atoms with Crippen LogP contribution in [0.2, 0.25) is 0 Å². The van der Waals surface area contributed by atoms with E-state index in [4.69, 9.17) is 11.3 Å². The summed E-state index contributed by atoms with van der Waals surface area (Å²) in [7, 11) is 1.35. The van der Waals surface area contributed by atoms with Crippen LogP contribution in [0, 0.1) is 12.5 Å². The quantitative estimate of drug-likeness (QED) is 0.534. The van der Waals surface area contributed by atoms with Crippen LogP contribution in [0.15, 0.2) is 0 Å². The van der Waals surface area contributed by atoms with Crippen molar-refractivity contribution < 1.29 is 14.3 Å². The van der Waals surface area contributed by atoms with Crippen molar-refractivity contribution in [2.75, 3.05) is 13.7 Å². The van der Waals surface area contributed by atoms with Gasteiger partial charge in [0.1, 0.15) is 12.1 Å². The number of hydrogen-bond acceptors (Lipinski definition) is 4. The monoisotopic (exact) mass is 294 g/mol.